The third kappa shape index (κ3) is 4.78. The van der Waals surface area contributed by atoms with Crippen molar-refractivity contribution in [2.75, 3.05) is 6.61 Å². The number of carbonyl (C=O) groups excluding carboxylic acids is 1. The van der Waals surface area contributed by atoms with Gasteiger partial charge in [0, 0.05) is 5.56 Å². The summed E-state index contributed by atoms with van der Waals surface area (Å²) in [4.78, 5) is 12.2. The highest BCUT2D eigenvalue weighted by molar-refractivity contribution is 5.94. The van der Waals surface area contributed by atoms with Gasteiger partial charge < -0.3 is 4.74 Å². The summed E-state index contributed by atoms with van der Waals surface area (Å²) in [6.45, 7) is 2.64. The molecule has 0 radical (unpaired) electrons. The Hall–Kier alpha value is -3.48. The predicted octanol–water partition coefficient (Wildman–Crippen LogP) is 3.77. The van der Waals surface area contributed by atoms with Crippen molar-refractivity contribution in [2.24, 2.45) is 5.10 Å². The minimum Gasteiger partial charge on any atom is -0.493 e. The summed E-state index contributed by atoms with van der Waals surface area (Å²) in [5.74, 6) is -0.0458. The van der Waals surface area contributed by atoms with Crippen molar-refractivity contribution in [1.29, 1.82) is 0 Å². The van der Waals surface area contributed by atoms with E-state index in [1.54, 1.807) is 18.2 Å². The van der Waals surface area contributed by atoms with Crippen LogP contribution in [-0.4, -0.2) is 28.9 Å². The molecule has 138 valence electrons. The first-order valence-corrected chi connectivity index (χ1v) is 8.54. The quantitative estimate of drug-likeness (QED) is 0.493. The minimum atomic E-state index is -0.431. The lowest BCUT2D eigenvalue weighted by atomic mass is 10.1. The molecule has 0 aliphatic heterocycles. The van der Waals surface area contributed by atoms with Crippen LogP contribution in [0.3, 0.4) is 0 Å². The zero-order valence-electron chi connectivity index (χ0n) is 14.8. The maximum Gasteiger partial charge on any atom is 0.289 e. The maximum absolute atomic E-state index is 12.9. The van der Waals surface area contributed by atoms with Crippen molar-refractivity contribution in [3.05, 3.63) is 71.7 Å². The number of hydrogen-bond donors (Lipinski definition) is 2. The molecule has 1 heterocycles. The Balaban J connectivity index is 1.68. The number of benzene rings is 2. The second-order valence-corrected chi connectivity index (χ2v) is 5.76. The van der Waals surface area contributed by atoms with Crippen LogP contribution in [0.4, 0.5) is 4.39 Å². The number of halogens is 1. The number of aromatic amines is 1. The smallest absolute Gasteiger partial charge is 0.289 e. The van der Waals surface area contributed by atoms with E-state index in [4.69, 9.17) is 4.74 Å². The Morgan fingerprint density at radius 3 is 2.81 bits per heavy atom. The lowest BCUT2D eigenvalue weighted by molar-refractivity contribution is 0.0950. The number of hydrogen-bond acceptors (Lipinski definition) is 4. The number of para-hydroxylation sites is 1. The van der Waals surface area contributed by atoms with Gasteiger partial charge in [0.2, 0.25) is 0 Å². The van der Waals surface area contributed by atoms with Gasteiger partial charge in [0.25, 0.3) is 5.91 Å². The fourth-order valence-corrected chi connectivity index (χ4v) is 2.37. The highest BCUT2D eigenvalue weighted by Crippen LogP contribution is 2.28. The van der Waals surface area contributed by atoms with Crippen LogP contribution in [0.15, 0.2) is 59.7 Å². The van der Waals surface area contributed by atoms with Gasteiger partial charge in [-0.05, 0) is 42.3 Å². The van der Waals surface area contributed by atoms with Gasteiger partial charge in [0.1, 0.15) is 17.3 Å². The van der Waals surface area contributed by atoms with Crippen molar-refractivity contribution in [2.45, 2.75) is 13.3 Å². The van der Waals surface area contributed by atoms with Gasteiger partial charge in [-0.15, -0.1) is 0 Å². The molecule has 2 aromatic carbocycles. The summed E-state index contributed by atoms with van der Waals surface area (Å²) in [5.41, 5.74) is 4.76. The van der Waals surface area contributed by atoms with Gasteiger partial charge in [0.15, 0.2) is 0 Å². The van der Waals surface area contributed by atoms with Gasteiger partial charge in [-0.1, -0.05) is 31.2 Å². The van der Waals surface area contributed by atoms with Crippen LogP contribution in [0.1, 0.15) is 29.4 Å². The van der Waals surface area contributed by atoms with E-state index in [-0.39, 0.29) is 11.5 Å². The molecular weight excluding hydrogens is 347 g/mol. The number of ether oxygens (including phenoxy) is 1. The second kappa shape index (κ2) is 8.75. The SMILES string of the molecule is CCCOc1ccccc1-c1cc(C(=O)N/N=C/c2ccc(F)cc2)[nH]n1. The van der Waals surface area contributed by atoms with Crippen molar-refractivity contribution in [1.82, 2.24) is 15.6 Å². The average Bonchev–Trinajstić information content (AvgIpc) is 3.18. The van der Waals surface area contributed by atoms with Crippen LogP contribution in [0, 0.1) is 5.82 Å². The van der Waals surface area contributed by atoms with E-state index in [2.05, 4.69) is 20.7 Å². The standard InChI is InChI=1S/C20H19FN4O2/c1-2-11-27-19-6-4-3-5-16(19)17-12-18(24-23-17)20(26)25-22-13-14-7-9-15(21)10-8-14/h3-10,12-13H,2,11H2,1H3,(H,23,24)(H,25,26)/b22-13+. The summed E-state index contributed by atoms with van der Waals surface area (Å²) in [6.07, 6.45) is 2.33. The summed E-state index contributed by atoms with van der Waals surface area (Å²) in [7, 11) is 0. The fourth-order valence-electron chi connectivity index (χ4n) is 2.37. The van der Waals surface area contributed by atoms with Crippen LogP contribution in [-0.2, 0) is 0 Å². The molecule has 3 aromatic rings. The molecular formula is C20H19FN4O2. The molecule has 2 N–H and O–H groups in total. The van der Waals surface area contributed by atoms with E-state index >= 15 is 0 Å². The third-order valence-electron chi connectivity index (χ3n) is 3.70. The zero-order valence-corrected chi connectivity index (χ0v) is 14.8. The Labute approximate surface area is 156 Å². The summed E-state index contributed by atoms with van der Waals surface area (Å²) in [5, 5.41) is 10.8. The molecule has 0 spiro atoms. The van der Waals surface area contributed by atoms with Crippen LogP contribution in [0.5, 0.6) is 5.75 Å². The lowest BCUT2D eigenvalue weighted by Crippen LogP contribution is -2.17. The van der Waals surface area contributed by atoms with Gasteiger partial charge in [-0.3, -0.25) is 9.89 Å². The number of rotatable bonds is 7. The molecule has 0 saturated heterocycles. The van der Waals surface area contributed by atoms with E-state index in [0.29, 0.717) is 23.6 Å². The van der Waals surface area contributed by atoms with Crippen molar-refractivity contribution in [3.8, 4) is 17.0 Å². The molecule has 0 aliphatic carbocycles. The summed E-state index contributed by atoms with van der Waals surface area (Å²) < 4.78 is 18.6. The number of hydrazone groups is 1. The molecule has 0 aliphatic rings. The molecule has 0 fully saturated rings. The number of H-pyrrole nitrogens is 1. The average molecular weight is 366 g/mol. The molecule has 0 unspecified atom stereocenters. The topological polar surface area (TPSA) is 79.4 Å². The summed E-state index contributed by atoms with van der Waals surface area (Å²) in [6, 6.07) is 14.9. The monoisotopic (exact) mass is 366 g/mol. The second-order valence-electron chi connectivity index (χ2n) is 5.76. The van der Waals surface area contributed by atoms with E-state index < -0.39 is 5.91 Å². The molecule has 0 bridgehead atoms. The maximum atomic E-state index is 12.9. The molecule has 0 saturated carbocycles. The van der Waals surface area contributed by atoms with Crippen LogP contribution >= 0.6 is 0 Å². The molecule has 3 rings (SSSR count). The highest BCUT2D eigenvalue weighted by atomic mass is 19.1. The lowest BCUT2D eigenvalue weighted by Gasteiger charge is -2.08. The van der Waals surface area contributed by atoms with E-state index in [0.717, 1.165) is 12.0 Å². The zero-order chi connectivity index (χ0) is 19.1. The number of carbonyl (C=O) groups is 1. The minimum absolute atomic E-state index is 0.270. The number of aromatic nitrogens is 2. The number of nitrogens with zero attached hydrogens (tertiary/aromatic N) is 2. The van der Waals surface area contributed by atoms with Gasteiger partial charge >= 0.3 is 0 Å². The first-order valence-electron chi connectivity index (χ1n) is 8.54. The van der Waals surface area contributed by atoms with Gasteiger partial charge in [-0.2, -0.15) is 10.2 Å². The first kappa shape index (κ1) is 18.3. The molecule has 1 aromatic heterocycles. The Kier molecular flexibility index (Phi) is 5.94. The normalized spacial score (nSPS) is 10.9. The van der Waals surface area contributed by atoms with Crippen LogP contribution in [0.25, 0.3) is 11.3 Å². The largest absolute Gasteiger partial charge is 0.493 e. The van der Waals surface area contributed by atoms with Crippen molar-refractivity contribution >= 4 is 12.1 Å². The fraction of sp³-hybridized carbons (Fsp3) is 0.150. The molecule has 7 heteroatoms. The number of amides is 1. The Morgan fingerprint density at radius 2 is 2.04 bits per heavy atom. The molecule has 0 atom stereocenters. The highest BCUT2D eigenvalue weighted by Gasteiger charge is 2.13. The molecule has 27 heavy (non-hydrogen) atoms. The van der Waals surface area contributed by atoms with Crippen LogP contribution in [0.2, 0.25) is 0 Å². The van der Waals surface area contributed by atoms with Crippen LogP contribution < -0.4 is 10.2 Å². The molecule has 6 nitrogen and oxygen atoms in total. The van der Waals surface area contributed by atoms with Gasteiger partial charge in [0.05, 0.1) is 18.5 Å². The number of nitrogens with one attached hydrogen (secondary N) is 2. The van der Waals surface area contributed by atoms with E-state index in [1.165, 1.54) is 18.3 Å². The first-order chi connectivity index (χ1) is 13.2. The van der Waals surface area contributed by atoms with Gasteiger partial charge in [-0.25, -0.2) is 9.82 Å². The third-order valence-corrected chi connectivity index (χ3v) is 3.70. The molecule has 1 amide bonds. The van der Waals surface area contributed by atoms with Crippen molar-refractivity contribution < 1.29 is 13.9 Å². The van der Waals surface area contributed by atoms with Crippen molar-refractivity contribution in [3.63, 3.8) is 0 Å². The Morgan fingerprint density at radius 1 is 1.26 bits per heavy atom. The Bertz CT molecular complexity index is 935. The van der Waals surface area contributed by atoms with E-state index in [1.807, 2.05) is 31.2 Å². The van der Waals surface area contributed by atoms with E-state index in [9.17, 15) is 9.18 Å². The predicted molar refractivity (Wildman–Crippen MR) is 101 cm³/mol. The summed E-state index contributed by atoms with van der Waals surface area (Å²) >= 11 is 0.